The van der Waals surface area contributed by atoms with E-state index in [1.165, 1.54) is 24.1 Å². The van der Waals surface area contributed by atoms with Crippen molar-refractivity contribution in [3.63, 3.8) is 0 Å². The van der Waals surface area contributed by atoms with E-state index in [-0.39, 0.29) is 0 Å². The maximum atomic E-state index is 4.59. The number of allylic oxidation sites excluding steroid dienone is 1. The number of nitrogens with zero attached hydrogens (tertiary/aromatic N) is 1. The summed E-state index contributed by atoms with van der Waals surface area (Å²) in [6, 6.07) is 10.1. The smallest absolute Gasteiger partial charge is 0.0561 e. The Labute approximate surface area is 110 Å². The zero-order valence-corrected chi connectivity index (χ0v) is 11.3. The van der Waals surface area contributed by atoms with Crippen molar-refractivity contribution in [2.45, 2.75) is 33.1 Å². The van der Waals surface area contributed by atoms with Crippen molar-refractivity contribution in [1.29, 1.82) is 0 Å². The lowest BCUT2D eigenvalue weighted by molar-refractivity contribution is 0.464. The van der Waals surface area contributed by atoms with Crippen LogP contribution < -0.4 is 5.43 Å². The first kappa shape index (κ1) is 12.9. The second kappa shape index (κ2) is 5.85. The van der Waals surface area contributed by atoms with E-state index in [0.717, 1.165) is 12.1 Å². The lowest BCUT2D eigenvalue weighted by atomic mass is 9.78. The molecule has 0 aromatic heterocycles. The van der Waals surface area contributed by atoms with Crippen LogP contribution in [0, 0.1) is 11.8 Å². The van der Waals surface area contributed by atoms with Crippen molar-refractivity contribution < 1.29 is 0 Å². The number of nitrogens with one attached hydrogen (secondary N) is 1. The Morgan fingerprint density at radius 2 is 2.00 bits per heavy atom. The van der Waals surface area contributed by atoms with Gasteiger partial charge in [0.2, 0.25) is 0 Å². The molecular weight excluding hydrogens is 220 g/mol. The molecule has 1 saturated carbocycles. The molecule has 1 N–H and O–H groups in total. The summed E-state index contributed by atoms with van der Waals surface area (Å²) in [6.07, 6.45) is 3.52. The molecule has 0 heterocycles. The highest BCUT2D eigenvalue weighted by Crippen LogP contribution is 2.30. The summed E-state index contributed by atoms with van der Waals surface area (Å²) in [5, 5.41) is 4.59. The molecule has 1 aromatic carbocycles. The van der Waals surface area contributed by atoms with Gasteiger partial charge in [0.1, 0.15) is 0 Å². The summed E-state index contributed by atoms with van der Waals surface area (Å²) in [5.74, 6) is 1.19. The largest absolute Gasteiger partial charge is 0.279 e. The van der Waals surface area contributed by atoms with Gasteiger partial charge in [0.25, 0.3) is 0 Å². The van der Waals surface area contributed by atoms with Crippen LogP contribution in [0.15, 0.2) is 47.6 Å². The van der Waals surface area contributed by atoms with E-state index >= 15 is 0 Å². The van der Waals surface area contributed by atoms with Crippen molar-refractivity contribution in [2.24, 2.45) is 16.9 Å². The molecule has 0 spiro atoms. The molecule has 1 aliphatic rings. The molecule has 2 nitrogen and oxygen atoms in total. The first-order chi connectivity index (χ1) is 8.66. The zero-order chi connectivity index (χ0) is 13.0. The highest BCUT2D eigenvalue weighted by molar-refractivity contribution is 5.88. The number of anilines is 1. The summed E-state index contributed by atoms with van der Waals surface area (Å²) in [5.41, 5.74) is 6.78. The molecule has 0 bridgehead atoms. The predicted octanol–water partition coefficient (Wildman–Crippen LogP) is 4.47. The molecule has 2 atom stereocenters. The van der Waals surface area contributed by atoms with E-state index < -0.39 is 0 Å². The van der Waals surface area contributed by atoms with Crippen LogP contribution in [0.3, 0.4) is 0 Å². The third kappa shape index (κ3) is 3.22. The van der Waals surface area contributed by atoms with Crippen molar-refractivity contribution in [3.8, 4) is 0 Å². The van der Waals surface area contributed by atoms with Crippen molar-refractivity contribution in [1.82, 2.24) is 0 Å². The Morgan fingerprint density at radius 1 is 1.28 bits per heavy atom. The maximum Gasteiger partial charge on any atom is 0.0561 e. The van der Waals surface area contributed by atoms with Gasteiger partial charge in [0, 0.05) is 5.71 Å². The average Bonchev–Trinajstić information content (AvgIpc) is 2.38. The maximum absolute atomic E-state index is 4.59. The fourth-order valence-electron chi connectivity index (χ4n) is 2.40. The monoisotopic (exact) mass is 242 g/mol. The first-order valence-electron chi connectivity index (χ1n) is 6.69. The number of rotatable bonds is 3. The van der Waals surface area contributed by atoms with E-state index in [4.69, 9.17) is 0 Å². The minimum Gasteiger partial charge on any atom is -0.279 e. The third-order valence-electron chi connectivity index (χ3n) is 3.77. The average molecular weight is 242 g/mol. The van der Waals surface area contributed by atoms with E-state index in [0.29, 0.717) is 11.8 Å². The minimum atomic E-state index is 0.580. The summed E-state index contributed by atoms with van der Waals surface area (Å²) in [4.78, 5) is 0. The minimum absolute atomic E-state index is 0.580. The summed E-state index contributed by atoms with van der Waals surface area (Å²) >= 11 is 0. The summed E-state index contributed by atoms with van der Waals surface area (Å²) in [7, 11) is 0. The first-order valence-corrected chi connectivity index (χ1v) is 6.69. The van der Waals surface area contributed by atoms with Crippen molar-refractivity contribution >= 4 is 11.4 Å². The van der Waals surface area contributed by atoms with Gasteiger partial charge in [-0.2, -0.15) is 5.10 Å². The van der Waals surface area contributed by atoms with Gasteiger partial charge in [0.15, 0.2) is 0 Å². The molecule has 2 heteroatoms. The van der Waals surface area contributed by atoms with Crippen molar-refractivity contribution in [2.75, 3.05) is 5.43 Å². The highest BCUT2D eigenvalue weighted by atomic mass is 15.3. The van der Waals surface area contributed by atoms with Gasteiger partial charge in [-0.3, -0.25) is 5.43 Å². The van der Waals surface area contributed by atoms with Gasteiger partial charge in [-0.15, -0.1) is 0 Å². The lowest BCUT2D eigenvalue weighted by Crippen LogP contribution is -2.24. The fraction of sp³-hybridized carbons (Fsp3) is 0.438. The SMILES string of the molecule is C=C(C)C1CCC(C)/C(=N/Nc2ccccc2)C1. The van der Waals surface area contributed by atoms with Crippen LogP contribution in [0.4, 0.5) is 5.69 Å². The number of hydrogen-bond acceptors (Lipinski definition) is 2. The van der Waals surface area contributed by atoms with Crippen LogP contribution in [-0.2, 0) is 0 Å². The second-order valence-electron chi connectivity index (χ2n) is 5.31. The number of hydrogen-bond donors (Lipinski definition) is 1. The molecule has 1 fully saturated rings. The molecule has 0 saturated heterocycles. The van der Waals surface area contributed by atoms with Crippen LogP contribution in [0.2, 0.25) is 0 Å². The number of hydrazone groups is 1. The lowest BCUT2D eigenvalue weighted by Gasteiger charge is -2.28. The molecule has 0 amide bonds. The third-order valence-corrected chi connectivity index (χ3v) is 3.77. The molecule has 96 valence electrons. The molecule has 1 aromatic rings. The van der Waals surface area contributed by atoms with Crippen LogP contribution in [0.5, 0.6) is 0 Å². The van der Waals surface area contributed by atoms with Gasteiger partial charge in [0.05, 0.1) is 5.69 Å². The van der Waals surface area contributed by atoms with Gasteiger partial charge in [-0.1, -0.05) is 37.3 Å². The van der Waals surface area contributed by atoms with E-state index in [1.807, 2.05) is 30.3 Å². The fourth-order valence-corrected chi connectivity index (χ4v) is 2.40. The topological polar surface area (TPSA) is 24.4 Å². The number of para-hydroxylation sites is 1. The summed E-state index contributed by atoms with van der Waals surface area (Å²) in [6.45, 7) is 8.47. The zero-order valence-electron chi connectivity index (χ0n) is 11.3. The Kier molecular flexibility index (Phi) is 4.19. The molecule has 0 aliphatic heterocycles. The van der Waals surface area contributed by atoms with E-state index in [9.17, 15) is 0 Å². The molecule has 1 aliphatic carbocycles. The normalized spacial score (nSPS) is 26.0. The summed E-state index contributed by atoms with van der Waals surface area (Å²) < 4.78 is 0. The Balaban J connectivity index is 2.03. The second-order valence-corrected chi connectivity index (χ2v) is 5.31. The van der Waals surface area contributed by atoms with Crippen LogP contribution in [0.1, 0.15) is 33.1 Å². The van der Waals surface area contributed by atoms with Crippen molar-refractivity contribution in [3.05, 3.63) is 42.5 Å². The quantitative estimate of drug-likeness (QED) is 0.614. The van der Waals surface area contributed by atoms with Gasteiger partial charge in [-0.05, 0) is 50.2 Å². The molecule has 18 heavy (non-hydrogen) atoms. The van der Waals surface area contributed by atoms with E-state index in [1.54, 1.807) is 0 Å². The van der Waals surface area contributed by atoms with Crippen LogP contribution in [0.25, 0.3) is 0 Å². The molecular formula is C16H22N2. The Hall–Kier alpha value is -1.57. The Bertz CT molecular complexity index is 434. The molecule has 0 radical (unpaired) electrons. The van der Waals surface area contributed by atoms with E-state index in [2.05, 4.69) is 31.0 Å². The standard InChI is InChI=1S/C16H22N2/c1-12(2)14-10-9-13(3)16(11-14)18-17-15-7-5-4-6-8-15/h4-8,13-14,17H,1,9-11H2,2-3H3/b18-16+. The highest BCUT2D eigenvalue weighted by Gasteiger charge is 2.24. The van der Waals surface area contributed by atoms with Gasteiger partial charge < -0.3 is 0 Å². The van der Waals surface area contributed by atoms with Gasteiger partial charge >= 0.3 is 0 Å². The Morgan fingerprint density at radius 3 is 2.67 bits per heavy atom. The molecule has 2 unspecified atom stereocenters. The number of benzene rings is 1. The molecule has 2 rings (SSSR count). The van der Waals surface area contributed by atoms with Crippen LogP contribution >= 0.6 is 0 Å². The predicted molar refractivity (Wildman–Crippen MR) is 78.8 cm³/mol. The van der Waals surface area contributed by atoms with Crippen LogP contribution in [-0.4, -0.2) is 5.71 Å². The van der Waals surface area contributed by atoms with Gasteiger partial charge in [-0.25, -0.2) is 0 Å².